The molecule has 0 aliphatic heterocycles. The molecule has 0 rings (SSSR count). The Hall–Kier alpha value is -3.67. The minimum Gasteiger partial charge on any atom is -0.462 e. The molecule has 0 amide bonds. The van der Waals surface area contributed by atoms with Crippen molar-refractivity contribution >= 4 is 17.9 Å². The summed E-state index contributed by atoms with van der Waals surface area (Å²) in [4.78, 5) is 38.0. The summed E-state index contributed by atoms with van der Waals surface area (Å²) in [6.45, 7) is 6.42. The van der Waals surface area contributed by atoms with Gasteiger partial charge in [-0.15, -0.1) is 0 Å². The molecule has 0 radical (unpaired) electrons. The lowest BCUT2D eigenvalue weighted by Crippen LogP contribution is -2.30. The molecule has 0 aliphatic carbocycles. The van der Waals surface area contributed by atoms with Crippen molar-refractivity contribution in [2.24, 2.45) is 0 Å². The number of unbranched alkanes of at least 4 members (excludes halogenated alkanes) is 19. The van der Waals surface area contributed by atoms with Gasteiger partial charge in [0.25, 0.3) is 0 Å². The Morgan fingerprint density at radius 2 is 0.609 bits per heavy atom. The second-order valence-electron chi connectivity index (χ2n) is 17.1. The zero-order valence-corrected chi connectivity index (χ0v) is 41.5. The first-order valence-electron chi connectivity index (χ1n) is 26.2. The van der Waals surface area contributed by atoms with E-state index in [0.29, 0.717) is 19.3 Å². The summed E-state index contributed by atoms with van der Waals surface area (Å²) in [7, 11) is 0. The molecule has 6 nitrogen and oxygen atoms in total. The summed E-state index contributed by atoms with van der Waals surface area (Å²) in [5, 5.41) is 0. The molecular formula is C58H96O6. The van der Waals surface area contributed by atoms with Crippen LogP contribution in [0.4, 0.5) is 0 Å². The molecule has 364 valence electrons. The average molecular weight is 889 g/mol. The van der Waals surface area contributed by atoms with Crippen molar-refractivity contribution in [1.82, 2.24) is 0 Å². The van der Waals surface area contributed by atoms with Crippen LogP contribution in [0.5, 0.6) is 0 Å². The number of esters is 3. The number of carbonyl (C=O) groups is 3. The first-order valence-corrected chi connectivity index (χ1v) is 26.2. The highest BCUT2D eigenvalue weighted by atomic mass is 16.6. The summed E-state index contributed by atoms with van der Waals surface area (Å²) in [6.07, 6.45) is 68.2. The number of ether oxygens (including phenoxy) is 3. The monoisotopic (exact) mass is 889 g/mol. The van der Waals surface area contributed by atoms with Crippen molar-refractivity contribution in [3.63, 3.8) is 0 Å². The molecule has 64 heavy (non-hydrogen) atoms. The van der Waals surface area contributed by atoms with Gasteiger partial charge in [0.15, 0.2) is 6.10 Å². The van der Waals surface area contributed by atoms with E-state index in [4.69, 9.17) is 14.2 Å². The molecule has 0 aliphatic rings. The van der Waals surface area contributed by atoms with Crippen molar-refractivity contribution < 1.29 is 28.6 Å². The molecule has 0 aromatic heterocycles. The molecule has 0 N–H and O–H groups in total. The molecular weight excluding hydrogens is 793 g/mol. The second-order valence-corrected chi connectivity index (χ2v) is 17.1. The van der Waals surface area contributed by atoms with Crippen molar-refractivity contribution in [3.05, 3.63) is 97.2 Å². The van der Waals surface area contributed by atoms with Gasteiger partial charge in [-0.1, -0.05) is 208 Å². The van der Waals surface area contributed by atoms with E-state index in [1.807, 2.05) is 0 Å². The molecule has 0 aromatic carbocycles. The third-order valence-electron chi connectivity index (χ3n) is 10.8. The molecule has 0 fully saturated rings. The fourth-order valence-corrected chi connectivity index (χ4v) is 6.89. The van der Waals surface area contributed by atoms with E-state index in [1.165, 1.54) is 83.5 Å². The van der Waals surface area contributed by atoms with Crippen LogP contribution in [0.3, 0.4) is 0 Å². The van der Waals surface area contributed by atoms with Crippen molar-refractivity contribution in [1.29, 1.82) is 0 Å². The first-order chi connectivity index (χ1) is 31.5. The van der Waals surface area contributed by atoms with E-state index in [-0.39, 0.29) is 31.1 Å². The van der Waals surface area contributed by atoms with Crippen molar-refractivity contribution in [2.75, 3.05) is 13.2 Å². The maximum Gasteiger partial charge on any atom is 0.306 e. The lowest BCUT2D eigenvalue weighted by atomic mass is 10.0. The van der Waals surface area contributed by atoms with Crippen LogP contribution in [0.25, 0.3) is 0 Å². The molecule has 0 aromatic rings. The van der Waals surface area contributed by atoms with Gasteiger partial charge in [0.05, 0.1) is 0 Å². The van der Waals surface area contributed by atoms with Gasteiger partial charge in [0.2, 0.25) is 0 Å². The zero-order chi connectivity index (χ0) is 46.5. The topological polar surface area (TPSA) is 78.9 Å². The van der Waals surface area contributed by atoms with E-state index < -0.39 is 6.10 Å². The minimum atomic E-state index is -0.806. The van der Waals surface area contributed by atoms with E-state index in [2.05, 4.69) is 118 Å². The Bertz CT molecular complexity index is 1300. The molecule has 6 heteroatoms. The average Bonchev–Trinajstić information content (AvgIpc) is 3.29. The zero-order valence-electron chi connectivity index (χ0n) is 41.5. The first kappa shape index (κ1) is 60.3. The predicted molar refractivity (Wildman–Crippen MR) is 274 cm³/mol. The van der Waals surface area contributed by atoms with Gasteiger partial charge in [-0.25, -0.2) is 0 Å². The fourth-order valence-electron chi connectivity index (χ4n) is 6.89. The summed E-state index contributed by atoms with van der Waals surface area (Å²) >= 11 is 0. The van der Waals surface area contributed by atoms with Gasteiger partial charge in [-0.3, -0.25) is 14.4 Å². The highest BCUT2D eigenvalue weighted by Gasteiger charge is 2.19. The van der Waals surface area contributed by atoms with Crippen LogP contribution in [-0.2, 0) is 28.6 Å². The smallest absolute Gasteiger partial charge is 0.306 e. The normalized spacial score (nSPS) is 12.9. The van der Waals surface area contributed by atoms with Crippen LogP contribution >= 0.6 is 0 Å². The van der Waals surface area contributed by atoms with Crippen LogP contribution in [0, 0.1) is 0 Å². The number of allylic oxidation sites excluding steroid dienone is 16. The number of rotatable bonds is 46. The highest BCUT2D eigenvalue weighted by Crippen LogP contribution is 2.14. The maximum absolute atomic E-state index is 12.8. The van der Waals surface area contributed by atoms with Crippen molar-refractivity contribution in [2.45, 2.75) is 239 Å². The van der Waals surface area contributed by atoms with Crippen LogP contribution in [0.1, 0.15) is 233 Å². The standard InChI is InChI=1S/C58H96O6/c1-4-7-10-13-16-19-22-25-27-28-29-30-32-34-37-39-42-45-48-51-57(60)63-54-55(64-58(61)52-49-46-43-40-35-24-21-18-15-12-9-6-3)53-62-56(59)50-47-44-41-38-36-33-31-26-23-20-17-14-11-8-5-2/h8,11,16-17,19-20,25-27,29-31,34,36-38,55H,4-7,9-10,12-15,18,21-24,28,32-33,35,39-54H2,1-3H3/b11-8-,19-16-,20-17-,27-25-,30-29-,31-26-,37-34-,38-36-/t55-/m1/s1. The van der Waals surface area contributed by atoms with Crippen molar-refractivity contribution in [3.8, 4) is 0 Å². The van der Waals surface area contributed by atoms with Crippen LogP contribution in [0.2, 0.25) is 0 Å². The quantitative estimate of drug-likeness (QED) is 0.0262. The third-order valence-corrected chi connectivity index (χ3v) is 10.8. The van der Waals surface area contributed by atoms with E-state index >= 15 is 0 Å². The Labute approximate surface area is 394 Å². The Balaban J connectivity index is 4.49. The molecule has 0 saturated heterocycles. The maximum atomic E-state index is 12.8. The molecule has 0 saturated carbocycles. The molecule has 0 unspecified atom stereocenters. The lowest BCUT2D eigenvalue weighted by Gasteiger charge is -2.18. The summed E-state index contributed by atoms with van der Waals surface area (Å²) in [6, 6.07) is 0. The van der Waals surface area contributed by atoms with E-state index in [1.54, 1.807) is 0 Å². The third kappa shape index (κ3) is 49.3. The molecule has 1 atom stereocenters. The van der Waals surface area contributed by atoms with Gasteiger partial charge in [0.1, 0.15) is 13.2 Å². The van der Waals surface area contributed by atoms with Crippen LogP contribution < -0.4 is 0 Å². The number of hydrogen-bond acceptors (Lipinski definition) is 6. The summed E-state index contributed by atoms with van der Waals surface area (Å²) in [5.41, 5.74) is 0. The van der Waals surface area contributed by atoms with E-state index in [0.717, 1.165) is 109 Å². The SMILES string of the molecule is CC/C=C\C/C=C\C/C=C\C/C=C\CCCCC(=O)OC[C@H](COC(=O)CCCCC/C=C\C/C=C\C/C=C\C/C=C\CCCCC)OC(=O)CCCCCCCCCCCCCC. The number of hydrogen-bond donors (Lipinski definition) is 0. The molecule has 0 spiro atoms. The van der Waals surface area contributed by atoms with Gasteiger partial charge in [0, 0.05) is 19.3 Å². The summed E-state index contributed by atoms with van der Waals surface area (Å²) < 4.78 is 16.7. The van der Waals surface area contributed by atoms with Gasteiger partial charge >= 0.3 is 17.9 Å². The Morgan fingerprint density at radius 1 is 0.328 bits per heavy atom. The fraction of sp³-hybridized carbons (Fsp3) is 0.672. The Kier molecular flexibility index (Phi) is 49.0. The minimum absolute atomic E-state index is 0.107. The van der Waals surface area contributed by atoms with Gasteiger partial charge in [-0.2, -0.15) is 0 Å². The van der Waals surface area contributed by atoms with E-state index in [9.17, 15) is 14.4 Å². The van der Waals surface area contributed by atoms with Gasteiger partial charge < -0.3 is 14.2 Å². The van der Waals surface area contributed by atoms with Crippen LogP contribution in [0.15, 0.2) is 97.2 Å². The summed E-state index contributed by atoms with van der Waals surface area (Å²) in [5.74, 6) is -0.978. The van der Waals surface area contributed by atoms with Crippen LogP contribution in [-0.4, -0.2) is 37.2 Å². The Morgan fingerprint density at radius 3 is 1.02 bits per heavy atom. The highest BCUT2D eigenvalue weighted by molar-refractivity contribution is 5.71. The predicted octanol–water partition coefficient (Wildman–Crippen LogP) is 17.4. The number of carbonyl (C=O) groups excluding carboxylic acids is 3. The molecule has 0 heterocycles. The van der Waals surface area contributed by atoms with Gasteiger partial charge in [-0.05, 0) is 103 Å². The lowest BCUT2D eigenvalue weighted by molar-refractivity contribution is -0.167. The largest absolute Gasteiger partial charge is 0.462 e. The second kappa shape index (κ2) is 52.0. The molecule has 0 bridgehead atoms.